The summed E-state index contributed by atoms with van der Waals surface area (Å²) < 4.78 is 10.9. The molecule has 2 fully saturated rings. The average Bonchev–Trinajstić information content (AvgIpc) is 2.65. The zero-order valence-corrected chi connectivity index (χ0v) is 17.9. The number of amides is 2. The van der Waals surface area contributed by atoms with Gasteiger partial charge in [-0.15, -0.1) is 0 Å². The summed E-state index contributed by atoms with van der Waals surface area (Å²) in [6.07, 6.45) is 5.56. The SMILES string of the molecule is CC(C)(C)OC(=O)NCCC1CC2CCCC(C1)N2C(=O)OCc1ccccc1. The Balaban J connectivity index is 1.46. The quantitative estimate of drug-likeness (QED) is 0.763. The van der Waals surface area contributed by atoms with E-state index in [0.29, 0.717) is 19.1 Å². The molecule has 6 nitrogen and oxygen atoms in total. The Morgan fingerprint density at radius 1 is 1.10 bits per heavy atom. The van der Waals surface area contributed by atoms with Crippen LogP contribution in [0.4, 0.5) is 9.59 Å². The molecule has 2 aliphatic heterocycles. The molecule has 2 saturated heterocycles. The van der Waals surface area contributed by atoms with Crippen LogP contribution in [0.2, 0.25) is 0 Å². The van der Waals surface area contributed by atoms with Crippen molar-refractivity contribution < 1.29 is 19.1 Å². The van der Waals surface area contributed by atoms with Crippen LogP contribution in [0, 0.1) is 5.92 Å². The summed E-state index contributed by atoms with van der Waals surface area (Å²) in [5, 5.41) is 2.86. The first-order chi connectivity index (χ1) is 13.8. The number of piperidine rings is 2. The summed E-state index contributed by atoms with van der Waals surface area (Å²) in [6.45, 7) is 6.51. The number of rotatable bonds is 5. The van der Waals surface area contributed by atoms with Gasteiger partial charge in [0.15, 0.2) is 0 Å². The maximum atomic E-state index is 12.8. The van der Waals surface area contributed by atoms with Crippen LogP contribution in [0.1, 0.15) is 64.9 Å². The van der Waals surface area contributed by atoms with Gasteiger partial charge in [-0.1, -0.05) is 30.3 Å². The number of alkyl carbamates (subject to hydrolysis) is 1. The molecule has 6 heteroatoms. The van der Waals surface area contributed by atoms with Gasteiger partial charge in [0.1, 0.15) is 12.2 Å². The smallest absolute Gasteiger partial charge is 0.410 e. The first-order valence-electron chi connectivity index (χ1n) is 10.8. The topological polar surface area (TPSA) is 67.9 Å². The van der Waals surface area contributed by atoms with E-state index in [1.165, 1.54) is 6.42 Å². The molecule has 0 radical (unpaired) electrons. The molecule has 1 aromatic carbocycles. The number of nitrogens with one attached hydrogen (secondary N) is 1. The fourth-order valence-corrected chi connectivity index (χ4v) is 4.51. The minimum Gasteiger partial charge on any atom is -0.445 e. The predicted octanol–water partition coefficient (Wildman–Crippen LogP) is 4.87. The Morgan fingerprint density at radius 2 is 1.76 bits per heavy atom. The van der Waals surface area contributed by atoms with Crippen LogP contribution in [0.15, 0.2) is 30.3 Å². The minimum absolute atomic E-state index is 0.186. The third-order valence-corrected chi connectivity index (χ3v) is 5.71. The number of carbonyl (C=O) groups excluding carboxylic acids is 2. The third-order valence-electron chi connectivity index (χ3n) is 5.71. The van der Waals surface area contributed by atoms with Crippen molar-refractivity contribution in [3.63, 3.8) is 0 Å². The highest BCUT2D eigenvalue weighted by atomic mass is 16.6. The van der Waals surface area contributed by atoms with Crippen molar-refractivity contribution in [1.29, 1.82) is 0 Å². The highest BCUT2D eigenvalue weighted by molar-refractivity contribution is 5.69. The molecule has 0 spiro atoms. The van der Waals surface area contributed by atoms with Crippen molar-refractivity contribution in [3.8, 4) is 0 Å². The van der Waals surface area contributed by atoms with Crippen molar-refractivity contribution in [2.75, 3.05) is 6.54 Å². The fraction of sp³-hybridized carbons (Fsp3) is 0.652. The molecule has 3 rings (SSSR count). The number of benzene rings is 1. The van der Waals surface area contributed by atoms with Gasteiger partial charge in [-0.2, -0.15) is 0 Å². The molecular formula is C23H34N2O4. The molecule has 2 amide bonds. The normalized spacial score (nSPS) is 24.0. The van der Waals surface area contributed by atoms with Crippen molar-refractivity contribution in [2.45, 2.75) is 83.6 Å². The fourth-order valence-electron chi connectivity index (χ4n) is 4.51. The number of ether oxygens (including phenoxy) is 2. The Labute approximate surface area is 173 Å². The lowest BCUT2D eigenvalue weighted by atomic mass is 9.77. The van der Waals surface area contributed by atoms with E-state index in [0.717, 1.165) is 37.7 Å². The summed E-state index contributed by atoms with van der Waals surface area (Å²) in [6, 6.07) is 10.3. The average molecular weight is 403 g/mol. The monoisotopic (exact) mass is 402 g/mol. The minimum atomic E-state index is -0.480. The van der Waals surface area contributed by atoms with E-state index in [-0.39, 0.29) is 24.3 Å². The molecule has 0 aliphatic carbocycles. The van der Waals surface area contributed by atoms with Crippen molar-refractivity contribution in [2.24, 2.45) is 5.92 Å². The van der Waals surface area contributed by atoms with Gasteiger partial charge in [-0.3, -0.25) is 0 Å². The van der Waals surface area contributed by atoms with Crippen LogP contribution in [0.25, 0.3) is 0 Å². The Kier molecular flexibility index (Phi) is 7.04. The molecule has 2 aliphatic rings. The number of hydrogen-bond acceptors (Lipinski definition) is 4. The van der Waals surface area contributed by atoms with Crippen LogP contribution in [-0.4, -0.2) is 41.3 Å². The molecule has 1 N–H and O–H groups in total. The lowest BCUT2D eigenvalue weighted by molar-refractivity contribution is 0.00186. The van der Waals surface area contributed by atoms with Crippen molar-refractivity contribution >= 4 is 12.2 Å². The summed E-state index contributed by atoms with van der Waals surface area (Å²) in [7, 11) is 0. The van der Waals surface area contributed by atoms with Gasteiger partial charge in [0.25, 0.3) is 0 Å². The maximum absolute atomic E-state index is 12.8. The molecule has 2 heterocycles. The first kappa shape index (κ1) is 21.5. The van der Waals surface area contributed by atoms with Crippen LogP contribution in [0.5, 0.6) is 0 Å². The number of hydrogen-bond donors (Lipinski definition) is 1. The van der Waals surface area contributed by atoms with Gasteiger partial charge < -0.3 is 19.7 Å². The molecule has 29 heavy (non-hydrogen) atoms. The summed E-state index contributed by atoms with van der Waals surface area (Å²) in [5.41, 5.74) is 0.529. The van der Waals surface area contributed by atoms with E-state index < -0.39 is 5.60 Å². The second kappa shape index (κ2) is 9.51. The van der Waals surface area contributed by atoms with Gasteiger partial charge in [-0.25, -0.2) is 9.59 Å². The zero-order chi connectivity index (χ0) is 20.9. The largest absolute Gasteiger partial charge is 0.445 e. The van der Waals surface area contributed by atoms with Gasteiger partial charge >= 0.3 is 12.2 Å². The standard InChI is InChI=1S/C23H34N2O4/c1-23(2,3)29-21(26)24-13-12-18-14-19-10-7-11-20(15-18)25(19)22(27)28-16-17-8-5-4-6-9-17/h4-6,8-9,18-20H,7,10-16H2,1-3H3,(H,24,26). The van der Waals surface area contributed by atoms with Gasteiger partial charge in [-0.05, 0) is 70.8 Å². The van der Waals surface area contributed by atoms with E-state index in [2.05, 4.69) is 5.32 Å². The lowest BCUT2D eigenvalue weighted by Gasteiger charge is -2.48. The summed E-state index contributed by atoms with van der Waals surface area (Å²) in [4.78, 5) is 26.6. The van der Waals surface area contributed by atoms with Crippen LogP contribution in [0.3, 0.4) is 0 Å². The van der Waals surface area contributed by atoms with E-state index in [1.807, 2.05) is 56.0 Å². The van der Waals surface area contributed by atoms with E-state index in [4.69, 9.17) is 9.47 Å². The second-order valence-corrected chi connectivity index (χ2v) is 9.24. The summed E-state index contributed by atoms with van der Waals surface area (Å²) >= 11 is 0. The predicted molar refractivity (Wildman–Crippen MR) is 111 cm³/mol. The Morgan fingerprint density at radius 3 is 2.38 bits per heavy atom. The van der Waals surface area contributed by atoms with Gasteiger partial charge in [0, 0.05) is 18.6 Å². The number of fused-ring (bicyclic) bond motifs is 2. The van der Waals surface area contributed by atoms with Crippen molar-refractivity contribution in [1.82, 2.24) is 10.2 Å². The second-order valence-electron chi connectivity index (χ2n) is 9.24. The molecule has 0 saturated carbocycles. The van der Waals surface area contributed by atoms with E-state index in [9.17, 15) is 9.59 Å². The summed E-state index contributed by atoms with van der Waals surface area (Å²) in [5.74, 6) is 0.512. The van der Waals surface area contributed by atoms with Crippen molar-refractivity contribution in [3.05, 3.63) is 35.9 Å². The molecule has 1 aromatic rings. The molecule has 2 atom stereocenters. The maximum Gasteiger partial charge on any atom is 0.410 e. The molecule has 160 valence electrons. The van der Waals surface area contributed by atoms with Crippen LogP contribution < -0.4 is 5.32 Å². The molecule has 2 unspecified atom stereocenters. The Hall–Kier alpha value is -2.24. The lowest BCUT2D eigenvalue weighted by Crippen LogP contribution is -2.55. The molecule has 0 aromatic heterocycles. The van der Waals surface area contributed by atoms with Gasteiger partial charge in [0.2, 0.25) is 0 Å². The Bertz CT molecular complexity index is 672. The molecular weight excluding hydrogens is 368 g/mol. The van der Waals surface area contributed by atoms with Crippen LogP contribution in [-0.2, 0) is 16.1 Å². The third kappa shape index (κ3) is 6.38. The highest BCUT2D eigenvalue weighted by Crippen LogP contribution is 2.38. The van der Waals surface area contributed by atoms with Crippen LogP contribution >= 0.6 is 0 Å². The molecule has 2 bridgehead atoms. The van der Waals surface area contributed by atoms with E-state index in [1.54, 1.807) is 0 Å². The zero-order valence-electron chi connectivity index (χ0n) is 17.9. The van der Waals surface area contributed by atoms with E-state index >= 15 is 0 Å². The highest BCUT2D eigenvalue weighted by Gasteiger charge is 2.41. The van der Waals surface area contributed by atoms with Gasteiger partial charge in [0.05, 0.1) is 0 Å². The number of nitrogens with zero attached hydrogens (tertiary/aromatic N) is 1. The number of carbonyl (C=O) groups is 2. The first-order valence-corrected chi connectivity index (χ1v) is 10.8.